The molecule has 0 spiro atoms. The first-order valence-electron chi connectivity index (χ1n) is 8.97. The Labute approximate surface area is 162 Å². The van der Waals surface area contributed by atoms with Crippen molar-refractivity contribution in [2.75, 3.05) is 19.8 Å². The number of esters is 1. The molecule has 12 heteroatoms. The Morgan fingerprint density at radius 3 is 2.79 bits per heavy atom. The van der Waals surface area contributed by atoms with Crippen LogP contribution in [-0.2, 0) is 19.0 Å². The van der Waals surface area contributed by atoms with Gasteiger partial charge in [-0.05, 0) is 0 Å². The maximum absolute atomic E-state index is 12.2. The highest BCUT2D eigenvalue weighted by molar-refractivity contribution is 5.78. The molecule has 0 aliphatic carbocycles. The van der Waals surface area contributed by atoms with Gasteiger partial charge in [0, 0.05) is 24.6 Å². The van der Waals surface area contributed by atoms with E-state index < -0.39 is 55.5 Å². The van der Waals surface area contributed by atoms with Crippen LogP contribution in [0.4, 0.5) is 4.79 Å². The number of nitrogens with two attached hydrogens (primary N) is 2. The highest BCUT2D eigenvalue weighted by Crippen LogP contribution is 2.22. The summed E-state index contributed by atoms with van der Waals surface area (Å²) in [5.41, 5.74) is 12.2. The van der Waals surface area contributed by atoms with Gasteiger partial charge in [0.05, 0.1) is 31.5 Å². The van der Waals surface area contributed by atoms with Crippen LogP contribution >= 0.6 is 0 Å². The van der Waals surface area contributed by atoms with Gasteiger partial charge in [0.1, 0.15) is 12.8 Å². The molecule has 2 rings (SSSR count). The fourth-order valence-electron chi connectivity index (χ4n) is 2.87. The van der Waals surface area contributed by atoms with E-state index in [4.69, 9.17) is 30.8 Å². The van der Waals surface area contributed by atoms with E-state index in [1.165, 1.54) is 6.20 Å². The molecule has 0 saturated carbocycles. The third kappa shape index (κ3) is 5.38. The standard InChI is InChI=1S/C16H28N4O8/c1-2-11(28-12(24)6-22)20-4-8(14(18)19-16(20)25)7-26-15-13(17)10(23)3-9(5-21)27-15/h4,9-11,13-15,21-23H,2-3,5-7,17-18H2,1H3,(H,19,25)/t9?,10?,11?,13?,14?,15-/m1/s1. The smallest absolute Gasteiger partial charge is 0.333 e. The minimum atomic E-state index is -0.978. The molecule has 2 amide bonds. The summed E-state index contributed by atoms with van der Waals surface area (Å²) < 4.78 is 16.2. The summed E-state index contributed by atoms with van der Waals surface area (Å²) in [6.07, 6.45) is -2.40. The molecule has 8 N–H and O–H groups in total. The Balaban J connectivity index is 2.07. The van der Waals surface area contributed by atoms with Crippen molar-refractivity contribution < 1.29 is 39.1 Å². The molecule has 12 nitrogen and oxygen atoms in total. The molecule has 6 atom stereocenters. The second-order valence-electron chi connectivity index (χ2n) is 6.55. The zero-order chi connectivity index (χ0) is 20.8. The van der Waals surface area contributed by atoms with Gasteiger partial charge in [-0.2, -0.15) is 0 Å². The summed E-state index contributed by atoms with van der Waals surface area (Å²) in [6.45, 7) is 0.512. The minimum Gasteiger partial charge on any atom is -0.439 e. The predicted octanol–water partition coefficient (Wildman–Crippen LogP) is -2.74. The van der Waals surface area contributed by atoms with Crippen LogP contribution in [0.25, 0.3) is 0 Å². The molecule has 28 heavy (non-hydrogen) atoms. The highest BCUT2D eigenvalue weighted by Gasteiger charge is 2.37. The lowest BCUT2D eigenvalue weighted by Crippen LogP contribution is -2.57. The number of aliphatic hydroxyl groups excluding tert-OH is 3. The zero-order valence-corrected chi connectivity index (χ0v) is 15.6. The first kappa shape index (κ1) is 22.5. The lowest BCUT2D eigenvalue weighted by molar-refractivity contribution is -0.228. The average Bonchev–Trinajstić information content (AvgIpc) is 2.68. The Hall–Kier alpha value is -1.80. The summed E-state index contributed by atoms with van der Waals surface area (Å²) >= 11 is 0. The third-order valence-electron chi connectivity index (χ3n) is 4.48. The number of hydrogen-bond donors (Lipinski definition) is 6. The number of ether oxygens (including phenoxy) is 3. The topological polar surface area (TPSA) is 190 Å². The Kier molecular flexibility index (Phi) is 8.12. The Morgan fingerprint density at radius 2 is 2.18 bits per heavy atom. The minimum absolute atomic E-state index is 0.0917. The fourth-order valence-corrected chi connectivity index (χ4v) is 2.87. The maximum atomic E-state index is 12.2. The molecule has 0 radical (unpaired) electrons. The second-order valence-corrected chi connectivity index (χ2v) is 6.55. The zero-order valence-electron chi connectivity index (χ0n) is 15.6. The number of hydrogen-bond acceptors (Lipinski definition) is 10. The van der Waals surface area contributed by atoms with Crippen LogP contribution < -0.4 is 16.8 Å². The summed E-state index contributed by atoms with van der Waals surface area (Å²) in [6, 6.07) is -1.39. The number of nitrogens with one attached hydrogen (secondary N) is 1. The number of urea groups is 1. The number of rotatable bonds is 8. The van der Waals surface area contributed by atoms with Crippen molar-refractivity contribution in [2.45, 2.75) is 56.7 Å². The molecular formula is C16H28N4O8. The van der Waals surface area contributed by atoms with Crippen LogP contribution in [0.5, 0.6) is 0 Å². The van der Waals surface area contributed by atoms with Gasteiger partial charge in [-0.25, -0.2) is 9.59 Å². The molecule has 0 bridgehead atoms. The predicted molar refractivity (Wildman–Crippen MR) is 94.0 cm³/mol. The van der Waals surface area contributed by atoms with E-state index >= 15 is 0 Å². The first-order valence-corrected chi connectivity index (χ1v) is 8.97. The van der Waals surface area contributed by atoms with E-state index in [0.29, 0.717) is 5.57 Å². The maximum Gasteiger partial charge on any atom is 0.333 e. The summed E-state index contributed by atoms with van der Waals surface area (Å²) in [5.74, 6) is -0.869. The largest absolute Gasteiger partial charge is 0.439 e. The van der Waals surface area contributed by atoms with Crippen molar-refractivity contribution in [2.24, 2.45) is 11.5 Å². The number of carbonyl (C=O) groups excluding carboxylic acids is 2. The number of nitrogens with zero attached hydrogens (tertiary/aromatic N) is 1. The van der Waals surface area contributed by atoms with Crippen LogP contribution in [0.3, 0.4) is 0 Å². The van der Waals surface area contributed by atoms with Crippen molar-refractivity contribution in [1.29, 1.82) is 0 Å². The molecule has 2 aliphatic heterocycles. The quantitative estimate of drug-likeness (QED) is 0.231. The fraction of sp³-hybridized carbons (Fsp3) is 0.750. The molecule has 0 aromatic carbocycles. The van der Waals surface area contributed by atoms with Crippen LogP contribution in [-0.4, -0.2) is 89.0 Å². The SMILES string of the molecule is CCC(OC(=O)CO)N1C=C(CO[C@@H]2OC(CO)CC(O)C2N)C(N)NC1=O. The van der Waals surface area contributed by atoms with E-state index in [-0.39, 0.29) is 26.1 Å². The molecule has 0 aromatic heterocycles. The average molecular weight is 404 g/mol. The van der Waals surface area contributed by atoms with Crippen molar-refractivity contribution in [3.05, 3.63) is 11.8 Å². The molecule has 2 aliphatic rings. The molecule has 0 aromatic rings. The van der Waals surface area contributed by atoms with Gasteiger partial charge >= 0.3 is 12.0 Å². The van der Waals surface area contributed by atoms with E-state index in [0.717, 1.165) is 4.90 Å². The molecule has 1 saturated heterocycles. The lowest BCUT2D eigenvalue weighted by atomic mass is 10.0. The highest BCUT2D eigenvalue weighted by atomic mass is 16.7. The molecular weight excluding hydrogens is 376 g/mol. The van der Waals surface area contributed by atoms with Gasteiger partial charge in [-0.15, -0.1) is 0 Å². The Morgan fingerprint density at radius 1 is 1.46 bits per heavy atom. The number of aliphatic hydroxyl groups is 3. The molecule has 160 valence electrons. The van der Waals surface area contributed by atoms with Crippen LogP contribution in [0.2, 0.25) is 0 Å². The first-order chi connectivity index (χ1) is 13.3. The lowest BCUT2D eigenvalue weighted by Gasteiger charge is -2.38. The van der Waals surface area contributed by atoms with Crippen molar-refractivity contribution >= 4 is 12.0 Å². The van der Waals surface area contributed by atoms with Gasteiger partial charge in [-0.1, -0.05) is 6.92 Å². The van der Waals surface area contributed by atoms with E-state index in [1.54, 1.807) is 6.92 Å². The Bertz CT molecular complexity index is 589. The van der Waals surface area contributed by atoms with Gasteiger partial charge in [0.25, 0.3) is 0 Å². The van der Waals surface area contributed by atoms with Crippen LogP contribution in [0, 0.1) is 0 Å². The molecule has 5 unspecified atom stereocenters. The van der Waals surface area contributed by atoms with Gasteiger partial charge < -0.3 is 46.3 Å². The van der Waals surface area contributed by atoms with E-state index in [1.807, 2.05) is 0 Å². The summed E-state index contributed by atoms with van der Waals surface area (Å²) in [7, 11) is 0. The van der Waals surface area contributed by atoms with E-state index in [9.17, 15) is 19.8 Å². The van der Waals surface area contributed by atoms with Gasteiger partial charge in [0.2, 0.25) is 0 Å². The number of carbonyl (C=O) groups is 2. The third-order valence-corrected chi connectivity index (χ3v) is 4.48. The monoisotopic (exact) mass is 404 g/mol. The van der Waals surface area contributed by atoms with Crippen molar-refractivity contribution in [3.8, 4) is 0 Å². The summed E-state index contributed by atoms with van der Waals surface area (Å²) in [4.78, 5) is 24.7. The summed E-state index contributed by atoms with van der Waals surface area (Å²) in [5, 5.41) is 30.6. The van der Waals surface area contributed by atoms with Gasteiger partial charge in [-0.3, -0.25) is 4.90 Å². The normalized spacial score (nSPS) is 31.8. The molecule has 1 fully saturated rings. The van der Waals surface area contributed by atoms with Crippen molar-refractivity contribution in [1.82, 2.24) is 10.2 Å². The van der Waals surface area contributed by atoms with E-state index in [2.05, 4.69) is 5.32 Å². The van der Waals surface area contributed by atoms with Crippen LogP contribution in [0.15, 0.2) is 11.8 Å². The van der Waals surface area contributed by atoms with Crippen molar-refractivity contribution in [3.63, 3.8) is 0 Å². The van der Waals surface area contributed by atoms with Crippen LogP contribution in [0.1, 0.15) is 19.8 Å². The number of amides is 2. The van der Waals surface area contributed by atoms with Gasteiger partial charge in [0.15, 0.2) is 12.5 Å². The molecule has 2 heterocycles. The second kappa shape index (κ2) is 10.1.